The van der Waals surface area contributed by atoms with Gasteiger partial charge in [-0.15, -0.1) is 0 Å². The van der Waals surface area contributed by atoms with Crippen LogP contribution in [0.5, 0.6) is 5.75 Å². The predicted molar refractivity (Wildman–Crippen MR) is 155 cm³/mol. The summed E-state index contributed by atoms with van der Waals surface area (Å²) < 4.78 is 17.5. The largest absolute Gasteiger partial charge is 0.491 e. The second kappa shape index (κ2) is 12.1. The smallest absolute Gasteiger partial charge is 0.338 e. The lowest BCUT2D eigenvalue weighted by molar-refractivity contribution is -0.139. The normalized spacial score (nSPS) is 15.8. The molecule has 0 radical (unpaired) electrons. The third-order valence-corrected chi connectivity index (χ3v) is 6.42. The summed E-state index contributed by atoms with van der Waals surface area (Å²) in [4.78, 5) is 28.6. The maximum atomic E-state index is 14.0. The molecule has 1 unspecified atom stereocenters. The minimum absolute atomic E-state index is 0.125. The first-order chi connectivity index (χ1) is 18.7. The van der Waals surface area contributed by atoms with Crippen LogP contribution in [0.1, 0.15) is 52.0 Å². The number of furan rings is 1. The topological polar surface area (TPSA) is 81.0 Å². The van der Waals surface area contributed by atoms with Crippen molar-refractivity contribution in [2.45, 2.75) is 46.8 Å². The SMILES string of the molecule is CCOC(=O)C1=C(C)NC(=S)N(C(=O)/C(C)=C/c2ccc(-c3ccccc3)o2)C1c1ccccc1OC(C)C. The van der Waals surface area contributed by atoms with E-state index in [0.717, 1.165) is 5.56 Å². The zero-order valence-corrected chi connectivity index (χ0v) is 23.5. The Kier molecular flexibility index (Phi) is 8.66. The van der Waals surface area contributed by atoms with Crippen LogP contribution in [-0.2, 0) is 14.3 Å². The Morgan fingerprint density at radius 1 is 1.08 bits per heavy atom. The third kappa shape index (κ3) is 6.12. The Labute approximate surface area is 234 Å². The quantitative estimate of drug-likeness (QED) is 0.199. The van der Waals surface area contributed by atoms with Gasteiger partial charge in [-0.2, -0.15) is 0 Å². The number of allylic oxidation sites excluding steroid dienone is 1. The van der Waals surface area contributed by atoms with Crippen molar-refractivity contribution in [2.75, 3.05) is 6.61 Å². The molecule has 2 heterocycles. The van der Waals surface area contributed by atoms with Crippen molar-refractivity contribution in [2.24, 2.45) is 0 Å². The van der Waals surface area contributed by atoms with Crippen molar-refractivity contribution in [1.29, 1.82) is 0 Å². The van der Waals surface area contributed by atoms with Crippen LogP contribution in [0.4, 0.5) is 0 Å². The minimum Gasteiger partial charge on any atom is -0.491 e. The Hall–Kier alpha value is -4.17. The van der Waals surface area contributed by atoms with E-state index in [0.29, 0.717) is 34.1 Å². The van der Waals surface area contributed by atoms with Gasteiger partial charge in [-0.05, 0) is 71.1 Å². The second-order valence-electron chi connectivity index (χ2n) is 9.37. The van der Waals surface area contributed by atoms with Crippen LogP contribution >= 0.6 is 12.2 Å². The second-order valence-corrected chi connectivity index (χ2v) is 9.75. The number of nitrogens with one attached hydrogen (secondary N) is 1. The summed E-state index contributed by atoms with van der Waals surface area (Å²) in [5.74, 6) is 0.844. The highest BCUT2D eigenvalue weighted by Gasteiger charge is 2.41. The van der Waals surface area contributed by atoms with Gasteiger partial charge in [-0.1, -0.05) is 48.5 Å². The third-order valence-electron chi connectivity index (χ3n) is 6.12. The lowest BCUT2D eigenvalue weighted by atomic mass is 9.92. The molecule has 0 saturated heterocycles. The number of amides is 1. The van der Waals surface area contributed by atoms with E-state index in [9.17, 15) is 9.59 Å². The summed E-state index contributed by atoms with van der Waals surface area (Å²) >= 11 is 5.66. The minimum atomic E-state index is -0.861. The summed E-state index contributed by atoms with van der Waals surface area (Å²) in [6.07, 6.45) is 1.54. The number of esters is 1. The Bertz CT molecular complexity index is 1440. The van der Waals surface area contributed by atoms with Crippen LogP contribution in [0.3, 0.4) is 0 Å². The van der Waals surface area contributed by atoms with Gasteiger partial charge in [-0.3, -0.25) is 9.69 Å². The molecular weight excluding hydrogens is 512 g/mol. The van der Waals surface area contributed by atoms with Gasteiger partial charge in [0.25, 0.3) is 5.91 Å². The fourth-order valence-corrected chi connectivity index (χ4v) is 4.78. The molecule has 2 aromatic carbocycles. The van der Waals surface area contributed by atoms with Crippen molar-refractivity contribution >= 4 is 35.3 Å². The van der Waals surface area contributed by atoms with Crippen LogP contribution in [0.2, 0.25) is 0 Å². The van der Waals surface area contributed by atoms with Gasteiger partial charge in [0.15, 0.2) is 5.11 Å². The summed E-state index contributed by atoms with van der Waals surface area (Å²) in [5.41, 5.74) is 2.75. The molecule has 39 heavy (non-hydrogen) atoms. The predicted octanol–water partition coefficient (Wildman–Crippen LogP) is 6.43. The van der Waals surface area contributed by atoms with Gasteiger partial charge in [-0.25, -0.2) is 4.79 Å². The van der Waals surface area contributed by atoms with Gasteiger partial charge in [0.05, 0.1) is 18.3 Å². The van der Waals surface area contributed by atoms with E-state index in [1.54, 1.807) is 26.8 Å². The molecule has 202 valence electrons. The number of carbonyl (C=O) groups excluding carboxylic acids is 2. The van der Waals surface area contributed by atoms with E-state index in [4.69, 9.17) is 26.1 Å². The highest BCUT2D eigenvalue weighted by Crippen LogP contribution is 2.40. The molecule has 0 spiro atoms. The van der Waals surface area contributed by atoms with Crippen molar-refractivity contribution in [1.82, 2.24) is 10.2 Å². The summed E-state index contributed by atoms with van der Waals surface area (Å²) in [6.45, 7) is 9.20. The Balaban J connectivity index is 1.77. The number of ether oxygens (including phenoxy) is 2. The van der Waals surface area contributed by atoms with Gasteiger partial charge in [0, 0.05) is 22.4 Å². The number of benzene rings is 2. The average molecular weight is 545 g/mol. The molecule has 1 amide bonds. The van der Waals surface area contributed by atoms with Crippen molar-refractivity contribution < 1.29 is 23.5 Å². The number of nitrogens with zero attached hydrogens (tertiary/aromatic N) is 1. The Morgan fingerprint density at radius 3 is 2.46 bits per heavy atom. The van der Waals surface area contributed by atoms with Gasteiger partial charge in [0.1, 0.15) is 23.3 Å². The molecule has 0 bridgehead atoms. The van der Waals surface area contributed by atoms with E-state index in [-0.39, 0.29) is 29.3 Å². The molecule has 7 nitrogen and oxygen atoms in total. The number of thiocarbonyl (C=S) groups is 1. The number of para-hydroxylation sites is 1. The summed E-state index contributed by atoms with van der Waals surface area (Å²) in [7, 11) is 0. The monoisotopic (exact) mass is 544 g/mol. The van der Waals surface area contributed by atoms with Crippen LogP contribution in [0, 0.1) is 0 Å². The first-order valence-electron chi connectivity index (χ1n) is 12.8. The van der Waals surface area contributed by atoms with Crippen LogP contribution in [0.15, 0.2) is 88.0 Å². The lowest BCUT2D eigenvalue weighted by Crippen LogP contribution is -2.51. The van der Waals surface area contributed by atoms with Gasteiger partial charge < -0.3 is 19.2 Å². The lowest BCUT2D eigenvalue weighted by Gasteiger charge is -2.39. The highest BCUT2D eigenvalue weighted by atomic mass is 32.1. The van der Waals surface area contributed by atoms with E-state index < -0.39 is 12.0 Å². The van der Waals surface area contributed by atoms with Crippen molar-refractivity contribution in [3.63, 3.8) is 0 Å². The highest BCUT2D eigenvalue weighted by molar-refractivity contribution is 7.80. The van der Waals surface area contributed by atoms with Crippen LogP contribution in [-0.4, -0.2) is 34.6 Å². The van der Waals surface area contributed by atoms with Crippen molar-refractivity contribution in [3.8, 4) is 17.1 Å². The molecule has 1 N–H and O–H groups in total. The van der Waals surface area contributed by atoms with E-state index >= 15 is 0 Å². The number of carbonyl (C=O) groups is 2. The molecular formula is C31H32N2O5S. The molecule has 1 aliphatic heterocycles. The molecule has 0 saturated carbocycles. The maximum absolute atomic E-state index is 14.0. The molecule has 3 aromatic rings. The fourth-order valence-electron chi connectivity index (χ4n) is 4.44. The van der Waals surface area contributed by atoms with E-state index in [2.05, 4.69) is 5.32 Å². The first-order valence-corrected chi connectivity index (χ1v) is 13.2. The average Bonchev–Trinajstić information content (AvgIpc) is 3.37. The zero-order valence-electron chi connectivity index (χ0n) is 22.7. The number of hydrogen-bond acceptors (Lipinski definition) is 6. The maximum Gasteiger partial charge on any atom is 0.338 e. The molecule has 1 aromatic heterocycles. The van der Waals surface area contributed by atoms with Crippen LogP contribution in [0.25, 0.3) is 17.4 Å². The van der Waals surface area contributed by atoms with Gasteiger partial charge >= 0.3 is 5.97 Å². The molecule has 0 fully saturated rings. The molecule has 0 aliphatic carbocycles. The summed E-state index contributed by atoms with van der Waals surface area (Å²) in [6, 6.07) is 19.9. The van der Waals surface area contributed by atoms with Gasteiger partial charge in [0.2, 0.25) is 0 Å². The molecule has 8 heteroatoms. The zero-order chi connectivity index (χ0) is 28.1. The summed E-state index contributed by atoms with van der Waals surface area (Å²) in [5, 5.41) is 3.20. The number of rotatable bonds is 8. The molecule has 4 rings (SSSR count). The van der Waals surface area contributed by atoms with E-state index in [1.165, 1.54) is 4.90 Å². The fraction of sp³-hybridized carbons (Fsp3) is 0.258. The molecule has 1 aliphatic rings. The Morgan fingerprint density at radius 2 is 1.77 bits per heavy atom. The molecule has 1 atom stereocenters. The van der Waals surface area contributed by atoms with E-state index in [1.807, 2.05) is 80.6 Å². The first kappa shape index (κ1) is 27.9. The van der Waals surface area contributed by atoms with Crippen molar-refractivity contribution in [3.05, 3.63) is 94.9 Å². The standard InChI is InChI=1S/C31H32N2O5S/c1-6-36-30(35)27-21(5)32-31(39)33(28(27)24-14-10-11-15-26(24)37-19(2)3)29(34)20(4)18-23-16-17-25(38-23)22-12-8-7-9-13-22/h7-19,28H,6H2,1-5H3,(H,32,39)/b20-18+. The van der Waals surface area contributed by atoms with Crippen LogP contribution < -0.4 is 10.1 Å². The number of hydrogen-bond donors (Lipinski definition) is 1.